The summed E-state index contributed by atoms with van der Waals surface area (Å²) in [5.74, 6) is -2.15. The number of aliphatic carboxylic acids is 1. The van der Waals surface area contributed by atoms with E-state index in [1.54, 1.807) is 11.0 Å². The fourth-order valence-corrected chi connectivity index (χ4v) is 3.47. The second kappa shape index (κ2) is 14.5. The second-order valence-corrected chi connectivity index (χ2v) is 9.30. The van der Waals surface area contributed by atoms with Crippen LogP contribution in [0.4, 0.5) is 19.3 Å². The summed E-state index contributed by atoms with van der Waals surface area (Å²) < 4.78 is 37.8. The zero-order valence-electron chi connectivity index (χ0n) is 21.3. The molecule has 0 bridgehead atoms. The number of rotatable bonds is 16. The Morgan fingerprint density at radius 1 is 1.08 bits per heavy atom. The van der Waals surface area contributed by atoms with Gasteiger partial charge in [0.15, 0.2) is 11.4 Å². The number of benzene rings is 1. The van der Waals surface area contributed by atoms with Gasteiger partial charge in [0.2, 0.25) is 0 Å². The van der Waals surface area contributed by atoms with Crippen LogP contribution in [0.3, 0.4) is 0 Å². The summed E-state index contributed by atoms with van der Waals surface area (Å²) in [6, 6.07) is 4.37. The van der Waals surface area contributed by atoms with Gasteiger partial charge in [0.1, 0.15) is 18.2 Å². The smallest absolute Gasteiger partial charge is 0.335 e. The number of carboxylic acid groups (broad SMARTS) is 1. The Morgan fingerprint density at radius 2 is 1.78 bits per heavy atom. The number of unbranched alkanes of at least 4 members (excludes halogenated alkanes) is 5. The van der Waals surface area contributed by atoms with Crippen molar-refractivity contribution < 1.29 is 32.7 Å². The van der Waals surface area contributed by atoms with Gasteiger partial charge in [0, 0.05) is 25.2 Å². The van der Waals surface area contributed by atoms with Crippen LogP contribution in [0.1, 0.15) is 77.2 Å². The lowest BCUT2D eigenvalue weighted by molar-refractivity contribution is -0.163. The fourth-order valence-electron chi connectivity index (χ4n) is 3.47. The van der Waals surface area contributed by atoms with Gasteiger partial charge in [-0.1, -0.05) is 37.8 Å². The lowest BCUT2D eigenvalue weighted by Crippen LogP contribution is -2.36. The van der Waals surface area contributed by atoms with Crippen LogP contribution in [0.2, 0.25) is 0 Å². The maximum atomic E-state index is 14.0. The molecule has 1 aromatic heterocycles. The SMILES string of the molecule is CCCCCCCN(CCCCc1cc(COC(C)(C)C(=O)O)on1)C(=O)Nc1ccc(F)cc1F. The van der Waals surface area contributed by atoms with Crippen LogP contribution in [0.25, 0.3) is 0 Å². The molecule has 36 heavy (non-hydrogen) atoms. The Labute approximate surface area is 211 Å². The summed E-state index contributed by atoms with van der Waals surface area (Å²) in [5, 5.41) is 15.7. The van der Waals surface area contributed by atoms with Gasteiger partial charge in [-0.15, -0.1) is 0 Å². The van der Waals surface area contributed by atoms with Crippen molar-refractivity contribution in [2.24, 2.45) is 0 Å². The van der Waals surface area contributed by atoms with Gasteiger partial charge in [0.05, 0.1) is 11.4 Å². The number of urea groups is 1. The highest BCUT2D eigenvalue weighted by molar-refractivity contribution is 5.89. The van der Waals surface area contributed by atoms with E-state index >= 15 is 0 Å². The van der Waals surface area contributed by atoms with Gasteiger partial charge >= 0.3 is 12.0 Å². The Morgan fingerprint density at radius 3 is 2.44 bits per heavy atom. The van der Waals surface area contributed by atoms with Gasteiger partial charge in [-0.2, -0.15) is 0 Å². The van der Waals surface area contributed by atoms with Crippen LogP contribution in [0.15, 0.2) is 28.8 Å². The summed E-state index contributed by atoms with van der Waals surface area (Å²) in [6.07, 6.45) is 7.26. The number of amides is 2. The monoisotopic (exact) mass is 509 g/mol. The molecule has 2 N–H and O–H groups in total. The summed E-state index contributed by atoms with van der Waals surface area (Å²) in [5.41, 5.74) is -0.670. The third-order valence-corrected chi connectivity index (χ3v) is 5.80. The van der Waals surface area contributed by atoms with E-state index in [9.17, 15) is 18.4 Å². The Hall–Kier alpha value is -3.01. The van der Waals surface area contributed by atoms with E-state index in [0.717, 1.165) is 50.7 Å². The first-order valence-electron chi connectivity index (χ1n) is 12.4. The predicted molar refractivity (Wildman–Crippen MR) is 132 cm³/mol. The van der Waals surface area contributed by atoms with Crippen molar-refractivity contribution in [1.82, 2.24) is 10.1 Å². The van der Waals surface area contributed by atoms with E-state index in [2.05, 4.69) is 17.4 Å². The number of carboxylic acids is 1. The largest absolute Gasteiger partial charge is 0.479 e. The van der Waals surface area contributed by atoms with Crippen molar-refractivity contribution in [2.45, 2.75) is 84.3 Å². The molecule has 200 valence electrons. The molecule has 2 rings (SSSR count). The van der Waals surface area contributed by atoms with Gasteiger partial charge in [0.25, 0.3) is 0 Å². The van der Waals surface area contributed by atoms with Crippen molar-refractivity contribution in [3.05, 3.63) is 47.4 Å². The molecule has 0 saturated carbocycles. The lowest BCUT2D eigenvalue weighted by atomic mass is 10.1. The standard InChI is InChI=1S/C26H37F2N3O5/c1-4-5-6-7-9-14-31(25(34)29-23-13-12-19(27)16-22(23)28)15-10-8-11-20-17-21(36-30-20)18-35-26(2,3)24(32)33/h12-13,16-17H,4-11,14-15,18H2,1-3H3,(H,29,34)(H,32,33). The fraction of sp³-hybridized carbons (Fsp3) is 0.577. The average molecular weight is 510 g/mol. The van der Waals surface area contributed by atoms with E-state index in [-0.39, 0.29) is 12.3 Å². The van der Waals surface area contributed by atoms with Crippen molar-refractivity contribution >= 4 is 17.7 Å². The van der Waals surface area contributed by atoms with E-state index in [1.807, 2.05) is 0 Å². The molecule has 0 aliphatic rings. The van der Waals surface area contributed by atoms with E-state index < -0.39 is 29.2 Å². The van der Waals surface area contributed by atoms with Gasteiger partial charge < -0.3 is 24.6 Å². The Kier molecular flexibility index (Phi) is 11.8. The second-order valence-electron chi connectivity index (χ2n) is 9.30. The Bertz CT molecular complexity index is 980. The summed E-state index contributed by atoms with van der Waals surface area (Å²) >= 11 is 0. The maximum Gasteiger partial charge on any atom is 0.335 e. The number of anilines is 1. The molecule has 0 radical (unpaired) electrons. The quantitative estimate of drug-likeness (QED) is 0.263. The van der Waals surface area contributed by atoms with Gasteiger partial charge in [-0.05, 0) is 51.7 Å². The molecule has 0 aliphatic heterocycles. The van der Waals surface area contributed by atoms with E-state index in [1.165, 1.54) is 19.9 Å². The third kappa shape index (κ3) is 9.93. The number of hydrogen-bond acceptors (Lipinski definition) is 5. The highest BCUT2D eigenvalue weighted by Gasteiger charge is 2.28. The molecule has 0 saturated heterocycles. The first-order valence-corrected chi connectivity index (χ1v) is 12.4. The Balaban J connectivity index is 1.85. The molecule has 8 nitrogen and oxygen atoms in total. The molecule has 1 aromatic carbocycles. The topological polar surface area (TPSA) is 105 Å². The minimum atomic E-state index is -1.33. The number of carbonyl (C=O) groups excluding carboxylic acids is 1. The molecule has 2 aromatic rings. The van der Waals surface area contributed by atoms with E-state index in [4.69, 9.17) is 14.4 Å². The number of carbonyl (C=O) groups is 2. The van der Waals surface area contributed by atoms with Gasteiger partial charge in [-0.25, -0.2) is 18.4 Å². The average Bonchev–Trinajstić information content (AvgIpc) is 3.28. The van der Waals surface area contributed by atoms with Crippen molar-refractivity contribution in [1.29, 1.82) is 0 Å². The molecule has 10 heteroatoms. The van der Waals surface area contributed by atoms with Gasteiger partial charge in [-0.3, -0.25) is 0 Å². The number of aryl methyl sites for hydroxylation is 1. The number of nitrogens with zero attached hydrogens (tertiary/aromatic N) is 2. The molecule has 1 heterocycles. The van der Waals surface area contributed by atoms with Crippen LogP contribution in [-0.4, -0.2) is 45.9 Å². The molecule has 0 aliphatic carbocycles. The number of aromatic nitrogens is 1. The highest BCUT2D eigenvalue weighted by atomic mass is 19.1. The minimum absolute atomic E-state index is 0.00176. The third-order valence-electron chi connectivity index (χ3n) is 5.80. The normalized spacial score (nSPS) is 11.5. The van der Waals surface area contributed by atoms with Crippen LogP contribution >= 0.6 is 0 Å². The van der Waals surface area contributed by atoms with Crippen LogP contribution in [0.5, 0.6) is 0 Å². The molecule has 0 spiro atoms. The van der Waals surface area contributed by atoms with Crippen LogP contribution in [-0.2, 0) is 22.6 Å². The maximum absolute atomic E-state index is 14.0. The lowest BCUT2D eigenvalue weighted by Gasteiger charge is -2.23. The molecule has 0 atom stereocenters. The molecular weight excluding hydrogens is 472 g/mol. The predicted octanol–water partition coefficient (Wildman–Crippen LogP) is 6.16. The molecule has 2 amide bonds. The first-order chi connectivity index (χ1) is 17.1. The molecular formula is C26H37F2N3O5. The zero-order valence-corrected chi connectivity index (χ0v) is 21.3. The van der Waals surface area contributed by atoms with Crippen LogP contribution in [0, 0.1) is 11.6 Å². The van der Waals surface area contributed by atoms with Crippen molar-refractivity contribution in [3.63, 3.8) is 0 Å². The molecule has 0 fully saturated rings. The van der Waals surface area contributed by atoms with E-state index in [0.29, 0.717) is 37.4 Å². The first kappa shape index (κ1) is 29.2. The number of halogens is 2. The summed E-state index contributed by atoms with van der Waals surface area (Å²) in [6.45, 7) is 6.08. The summed E-state index contributed by atoms with van der Waals surface area (Å²) in [4.78, 5) is 25.6. The number of nitrogens with one attached hydrogen (secondary N) is 1. The van der Waals surface area contributed by atoms with Crippen molar-refractivity contribution in [2.75, 3.05) is 18.4 Å². The van der Waals surface area contributed by atoms with Crippen molar-refractivity contribution in [3.8, 4) is 0 Å². The van der Waals surface area contributed by atoms with Crippen LogP contribution < -0.4 is 5.32 Å². The number of hydrogen-bond donors (Lipinski definition) is 2. The number of ether oxygens (including phenoxy) is 1. The minimum Gasteiger partial charge on any atom is -0.479 e. The summed E-state index contributed by atoms with van der Waals surface area (Å²) in [7, 11) is 0. The molecule has 0 unspecified atom stereocenters. The highest BCUT2D eigenvalue weighted by Crippen LogP contribution is 2.17. The zero-order chi connectivity index (χ0) is 26.6.